The van der Waals surface area contributed by atoms with Crippen molar-refractivity contribution in [3.63, 3.8) is 0 Å². The summed E-state index contributed by atoms with van der Waals surface area (Å²) in [6.45, 7) is 1.48. The van der Waals surface area contributed by atoms with Gasteiger partial charge in [0.15, 0.2) is 0 Å². The molecule has 5 nitrogen and oxygen atoms in total. The van der Waals surface area contributed by atoms with Crippen LogP contribution in [0, 0.1) is 5.82 Å². The third-order valence-corrected chi connectivity index (χ3v) is 5.27. The number of anilines is 1. The van der Waals surface area contributed by atoms with E-state index in [1.165, 1.54) is 18.5 Å². The highest BCUT2D eigenvalue weighted by Crippen LogP contribution is 2.49. The van der Waals surface area contributed by atoms with Gasteiger partial charge in [0, 0.05) is 25.3 Å². The second-order valence-electron chi connectivity index (χ2n) is 6.89. The van der Waals surface area contributed by atoms with E-state index in [1.807, 2.05) is 11.0 Å². The van der Waals surface area contributed by atoms with Gasteiger partial charge in [0.1, 0.15) is 18.0 Å². The Morgan fingerprint density at radius 3 is 2.48 bits per heavy atom. The minimum absolute atomic E-state index is 0.194. The topological polar surface area (TPSA) is 58.1 Å². The lowest BCUT2D eigenvalue weighted by molar-refractivity contribution is -0.134. The maximum atomic E-state index is 13.2. The van der Waals surface area contributed by atoms with Gasteiger partial charge in [-0.15, -0.1) is 0 Å². The highest BCUT2D eigenvalue weighted by molar-refractivity contribution is 5.91. The van der Waals surface area contributed by atoms with Crippen LogP contribution in [-0.4, -0.2) is 39.9 Å². The van der Waals surface area contributed by atoms with Gasteiger partial charge >= 0.3 is 0 Å². The SMILES string of the molecule is O=C(N1CCC(Nc2ccncn2)CC1)C1(c2ccc(F)cc2)CC1. The lowest BCUT2D eigenvalue weighted by Gasteiger charge is -2.35. The zero-order chi connectivity index (χ0) is 17.3. The molecular formula is C19H21FN4O. The average Bonchev–Trinajstić information content (AvgIpc) is 3.45. The van der Waals surface area contributed by atoms with Crippen molar-refractivity contribution in [2.75, 3.05) is 18.4 Å². The van der Waals surface area contributed by atoms with Gasteiger partial charge in [0.05, 0.1) is 5.41 Å². The summed E-state index contributed by atoms with van der Waals surface area (Å²) in [7, 11) is 0. The number of hydrogen-bond acceptors (Lipinski definition) is 4. The van der Waals surface area contributed by atoms with Crippen molar-refractivity contribution in [3.05, 3.63) is 54.2 Å². The van der Waals surface area contributed by atoms with Gasteiger partial charge in [-0.2, -0.15) is 0 Å². The first-order valence-electron chi connectivity index (χ1n) is 8.75. The monoisotopic (exact) mass is 340 g/mol. The molecule has 1 amide bonds. The molecule has 130 valence electrons. The van der Waals surface area contributed by atoms with Gasteiger partial charge < -0.3 is 10.2 Å². The molecule has 0 spiro atoms. The zero-order valence-electron chi connectivity index (χ0n) is 14.0. The number of amides is 1. The Morgan fingerprint density at radius 1 is 1.16 bits per heavy atom. The van der Waals surface area contributed by atoms with E-state index in [-0.39, 0.29) is 11.7 Å². The smallest absolute Gasteiger partial charge is 0.233 e. The first-order chi connectivity index (χ1) is 12.2. The molecule has 0 bridgehead atoms. The molecule has 0 unspecified atom stereocenters. The van der Waals surface area contributed by atoms with Crippen molar-refractivity contribution in [1.29, 1.82) is 0 Å². The number of nitrogens with one attached hydrogen (secondary N) is 1. The second-order valence-corrected chi connectivity index (χ2v) is 6.89. The molecule has 2 heterocycles. The van der Waals surface area contributed by atoms with Gasteiger partial charge in [-0.05, 0) is 49.4 Å². The maximum absolute atomic E-state index is 13.2. The highest BCUT2D eigenvalue weighted by Gasteiger charge is 2.53. The number of carbonyl (C=O) groups excluding carboxylic acids is 1. The molecular weight excluding hydrogens is 319 g/mol. The van der Waals surface area contributed by atoms with Gasteiger partial charge in [-0.3, -0.25) is 4.79 Å². The Balaban J connectivity index is 1.37. The van der Waals surface area contributed by atoms with E-state index in [9.17, 15) is 9.18 Å². The fourth-order valence-corrected chi connectivity index (χ4v) is 3.63. The fraction of sp³-hybridized carbons (Fsp3) is 0.421. The Kier molecular flexibility index (Phi) is 4.11. The van der Waals surface area contributed by atoms with E-state index < -0.39 is 5.41 Å². The summed E-state index contributed by atoms with van der Waals surface area (Å²) < 4.78 is 13.2. The normalized spacial score (nSPS) is 19.5. The number of piperidine rings is 1. The van der Waals surface area contributed by atoms with E-state index in [1.54, 1.807) is 18.3 Å². The minimum atomic E-state index is -0.416. The number of aromatic nitrogens is 2. The van der Waals surface area contributed by atoms with E-state index in [0.717, 1.165) is 50.2 Å². The van der Waals surface area contributed by atoms with Crippen molar-refractivity contribution < 1.29 is 9.18 Å². The molecule has 6 heteroatoms. The summed E-state index contributed by atoms with van der Waals surface area (Å²) in [5.74, 6) is 0.757. The van der Waals surface area contributed by atoms with Crippen LogP contribution in [0.5, 0.6) is 0 Å². The first kappa shape index (κ1) is 16.0. The summed E-state index contributed by atoms with van der Waals surface area (Å²) in [4.78, 5) is 23.1. The Hall–Kier alpha value is -2.50. The van der Waals surface area contributed by atoms with E-state index >= 15 is 0 Å². The Labute approximate surface area is 146 Å². The number of benzene rings is 1. The molecule has 1 aliphatic carbocycles. The summed E-state index contributed by atoms with van der Waals surface area (Å²) in [5, 5.41) is 3.40. The molecule has 1 saturated carbocycles. The summed E-state index contributed by atoms with van der Waals surface area (Å²) in [6.07, 6.45) is 6.76. The van der Waals surface area contributed by atoms with Gasteiger partial charge in [-0.25, -0.2) is 14.4 Å². The van der Waals surface area contributed by atoms with Crippen molar-refractivity contribution >= 4 is 11.7 Å². The van der Waals surface area contributed by atoms with Gasteiger partial charge in [-0.1, -0.05) is 12.1 Å². The molecule has 0 atom stereocenters. The summed E-state index contributed by atoms with van der Waals surface area (Å²) in [6, 6.07) is 8.57. The highest BCUT2D eigenvalue weighted by atomic mass is 19.1. The number of hydrogen-bond donors (Lipinski definition) is 1. The fourth-order valence-electron chi connectivity index (χ4n) is 3.63. The zero-order valence-corrected chi connectivity index (χ0v) is 14.0. The van der Waals surface area contributed by atoms with Crippen LogP contribution in [0.15, 0.2) is 42.9 Å². The average molecular weight is 340 g/mol. The molecule has 1 aromatic carbocycles. The van der Waals surface area contributed by atoms with Gasteiger partial charge in [0.2, 0.25) is 5.91 Å². The van der Waals surface area contributed by atoms with Crippen LogP contribution in [0.4, 0.5) is 10.2 Å². The lowest BCUT2D eigenvalue weighted by Crippen LogP contribution is -2.46. The predicted octanol–water partition coefficient (Wildman–Crippen LogP) is 2.75. The maximum Gasteiger partial charge on any atom is 0.233 e. The third-order valence-electron chi connectivity index (χ3n) is 5.27. The molecule has 1 saturated heterocycles. The summed E-state index contributed by atoms with van der Waals surface area (Å²) >= 11 is 0. The van der Waals surface area contributed by atoms with Crippen LogP contribution in [0.2, 0.25) is 0 Å². The van der Waals surface area contributed by atoms with Crippen LogP contribution in [0.25, 0.3) is 0 Å². The molecule has 2 fully saturated rings. The second kappa shape index (κ2) is 6.43. The quantitative estimate of drug-likeness (QED) is 0.930. The van der Waals surface area contributed by atoms with Crippen molar-refractivity contribution in [1.82, 2.24) is 14.9 Å². The van der Waals surface area contributed by atoms with Crippen LogP contribution in [0.1, 0.15) is 31.2 Å². The molecule has 0 radical (unpaired) electrons. The standard InChI is InChI=1S/C19H21FN4O/c20-15-3-1-14(2-4-15)19(8-9-19)18(25)24-11-6-16(7-12-24)23-17-5-10-21-13-22-17/h1-5,10,13,16H,6-9,11-12H2,(H,21,22,23). The number of carbonyl (C=O) groups is 1. The largest absolute Gasteiger partial charge is 0.367 e. The number of halogens is 1. The molecule has 1 aliphatic heterocycles. The first-order valence-corrected chi connectivity index (χ1v) is 8.75. The number of nitrogens with zero attached hydrogens (tertiary/aromatic N) is 3. The number of likely N-dealkylation sites (tertiary alicyclic amines) is 1. The molecule has 4 rings (SSSR count). The summed E-state index contributed by atoms with van der Waals surface area (Å²) in [5.41, 5.74) is 0.529. The van der Waals surface area contributed by atoms with Crippen LogP contribution in [-0.2, 0) is 10.2 Å². The molecule has 2 aliphatic rings. The van der Waals surface area contributed by atoms with Gasteiger partial charge in [0.25, 0.3) is 0 Å². The third kappa shape index (κ3) is 3.21. The molecule has 1 N–H and O–H groups in total. The minimum Gasteiger partial charge on any atom is -0.367 e. The number of rotatable bonds is 4. The Bertz CT molecular complexity index is 738. The van der Waals surface area contributed by atoms with E-state index in [4.69, 9.17) is 0 Å². The van der Waals surface area contributed by atoms with Crippen LogP contribution in [0.3, 0.4) is 0 Å². The Morgan fingerprint density at radius 2 is 1.88 bits per heavy atom. The van der Waals surface area contributed by atoms with Crippen molar-refractivity contribution in [3.8, 4) is 0 Å². The molecule has 25 heavy (non-hydrogen) atoms. The van der Waals surface area contributed by atoms with Crippen LogP contribution < -0.4 is 5.32 Å². The van der Waals surface area contributed by atoms with Crippen molar-refractivity contribution in [2.45, 2.75) is 37.1 Å². The lowest BCUT2D eigenvalue weighted by atomic mass is 9.93. The predicted molar refractivity (Wildman–Crippen MR) is 92.6 cm³/mol. The van der Waals surface area contributed by atoms with Crippen LogP contribution >= 0.6 is 0 Å². The van der Waals surface area contributed by atoms with E-state index in [2.05, 4.69) is 15.3 Å². The van der Waals surface area contributed by atoms with Crippen molar-refractivity contribution in [2.24, 2.45) is 0 Å². The van der Waals surface area contributed by atoms with E-state index in [0.29, 0.717) is 6.04 Å². The molecule has 1 aromatic heterocycles. The molecule has 2 aromatic rings.